The van der Waals surface area contributed by atoms with Gasteiger partial charge in [-0.15, -0.1) is 0 Å². The molecular formula is C17H17Cl2FN2O. The second-order valence-corrected chi connectivity index (χ2v) is 6.18. The lowest BCUT2D eigenvalue weighted by Gasteiger charge is -2.24. The molecule has 23 heavy (non-hydrogen) atoms. The van der Waals surface area contributed by atoms with Crippen LogP contribution in [0.2, 0.25) is 10.0 Å². The van der Waals surface area contributed by atoms with Gasteiger partial charge in [0.25, 0.3) is 0 Å². The molecule has 0 heterocycles. The van der Waals surface area contributed by atoms with Gasteiger partial charge in [-0.25, -0.2) is 4.39 Å². The fraction of sp³-hybridized carbons (Fsp3) is 0.235. The number of nitrogens with zero attached hydrogens (tertiary/aromatic N) is 1. The van der Waals surface area contributed by atoms with Crippen molar-refractivity contribution in [3.63, 3.8) is 0 Å². The summed E-state index contributed by atoms with van der Waals surface area (Å²) >= 11 is 11.9. The molecule has 0 fully saturated rings. The first-order valence-electron chi connectivity index (χ1n) is 7.07. The van der Waals surface area contributed by atoms with Gasteiger partial charge in [-0.1, -0.05) is 35.3 Å². The van der Waals surface area contributed by atoms with Crippen molar-refractivity contribution < 1.29 is 9.18 Å². The van der Waals surface area contributed by atoms with Crippen molar-refractivity contribution in [2.75, 3.05) is 12.4 Å². The van der Waals surface area contributed by atoms with Crippen LogP contribution < -0.4 is 5.32 Å². The Bertz CT molecular complexity index is 709. The Morgan fingerprint density at radius 1 is 1.26 bits per heavy atom. The van der Waals surface area contributed by atoms with Crippen molar-refractivity contribution in [3.8, 4) is 0 Å². The molecule has 0 radical (unpaired) electrons. The molecule has 0 spiro atoms. The molecule has 0 saturated carbocycles. The number of anilines is 1. The summed E-state index contributed by atoms with van der Waals surface area (Å²) in [6, 6.07) is 10.9. The van der Waals surface area contributed by atoms with Crippen LogP contribution in [0.3, 0.4) is 0 Å². The zero-order chi connectivity index (χ0) is 17.0. The molecule has 0 unspecified atom stereocenters. The largest absolute Gasteiger partial charge is 0.323 e. The van der Waals surface area contributed by atoms with E-state index in [0.717, 1.165) is 11.6 Å². The van der Waals surface area contributed by atoms with E-state index in [1.54, 1.807) is 13.0 Å². The number of hydrogen-bond acceptors (Lipinski definition) is 2. The molecule has 0 saturated heterocycles. The van der Waals surface area contributed by atoms with Gasteiger partial charge in [-0.3, -0.25) is 9.69 Å². The second-order valence-electron chi connectivity index (χ2n) is 5.33. The van der Waals surface area contributed by atoms with Crippen LogP contribution in [0.1, 0.15) is 12.5 Å². The van der Waals surface area contributed by atoms with Gasteiger partial charge >= 0.3 is 0 Å². The molecule has 122 valence electrons. The molecule has 6 heteroatoms. The smallest absolute Gasteiger partial charge is 0.241 e. The Morgan fingerprint density at radius 3 is 2.65 bits per heavy atom. The molecule has 2 aromatic rings. The molecule has 2 aromatic carbocycles. The topological polar surface area (TPSA) is 32.3 Å². The lowest BCUT2D eigenvalue weighted by molar-refractivity contribution is -0.120. The summed E-state index contributed by atoms with van der Waals surface area (Å²) in [5, 5.41) is 3.54. The SMILES string of the molecule is C[C@H](C(=O)Nc1ccc(F)cc1Cl)N(C)Cc1cccc(Cl)c1. The highest BCUT2D eigenvalue weighted by Crippen LogP contribution is 2.23. The molecule has 0 aliphatic carbocycles. The molecule has 0 aliphatic heterocycles. The zero-order valence-corrected chi connectivity index (χ0v) is 14.3. The van der Waals surface area contributed by atoms with Crippen LogP contribution in [0, 0.1) is 5.82 Å². The van der Waals surface area contributed by atoms with Gasteiger partial charge < -0.3 is 5.32 Å². The Labute approximate surface area is 145 Å². The van der Waals surface area contributed by atoms with E-state index in [2.05, 4.69) is 5.32 Å². The van der Waals surface area contributed by atoms with Crippen LogP contribution in [0.5, 0.6) is 0 Å². The highest BCUT2D eigenvalue weighted by Gasteiger charge is 2.19. The van der Waals surface area contributed by atoms with Crippen molar-refractivity contribution in [3.05, 3.63) is 63.9 Å². The number of benzene rings is 2. The summed E-state index contributed by atoms with van der Waals surface area (Å²) in [6.45, 7) is 2.36. The fourth-order valence-corrected chi connectivity index (χ4v) is 2.52. The number of hydrogen-bond donors (Lipinski definition) is 1. The van der Waals surface area contributed by atoms with Gasteiger partial charge in [-0.2, -0.15) is 0 Å². The van der Waals surface area contributed by atoms with Crippen LogP contribution in [-0.2, 0) is 11.3 Å². The van der Waals surface area contributed by atoms with E-state index < -0.39 is 11.9 Å². The Morgan fingerprint density at radius 2 is 2.00 bits per heavy atom. The monoisotopic (exact) mass is 354 g/mol. The van der Waals surface area contributed by atoms with Crippen LogP contribution in [0.15, 0.2) is 42.5 Å². The molecule has 0 aliphatic rings. The summed E-state index contributed by atoms with van der Waals surface area (Å²) in [5.74, 6) is -0.665. The summed E-state index contributed by atoms with van der Waals surface area (Å²) in [7, 11) is 1.84. The predicted molar refractivity (Wildman–Crippen MR) is 92.4 cm³/mol. The van der Waals surface area contributed by atoms with Crippen molar-refractivity contribution in [1.82, 2.24) is 4.90 Å². The van der Waals surface area contributed by atoms with Crippen molar-refractivity contribution >= 4 is 34.8 Å². The Hall–Kier alpha value is -1.62. The lowest BCUT2D eigenvalue weighted by Crippen LogP contribution is -2.39. The molecule has 2 rings (SSSR count). The Balaban J connectivity index is 2.01. The normalized spacial score (nSPS) is 12.3. The van der Waals surface area contributed by atoms with E-state index in [4.69, 9.17) is 23.2 Å². The second kappa shape index (κ2) is 7.77. The number of likely N-dealkylation sites (N-methyl/N-ethyl adjacent to an activating group) is 1. The molecule has 3 nitrogen and oxygen atoms in total. The first kappa shape index (κ1) is 17.7. The number of nitrogens with one attached hydrogen (secondary N) is 1. The van der Waals surface area contributed by atoms with Gasteiger partial charge in [0.05, 0.1) is 16.8 Å². The third kappa shape index (κ3) is 4.93. The number of carbonyl (C=O) groups excluding carboxylic acids is 1. The van der Waals surface area contributed by atoms with Crippen molar-refractivity contribution in [2.24, 2.45) is 0 Å². The number of rotatable bonds is 5. The van der Waals surface area contributed by atoms with Crippen molar-refractivity contribution in [2.45, 2.75) is 19.5 Å². The van der Waals surface area contributed by atoms with E-state index in [1.807, 2.05) is 30.1 Å². The minimum absolute atomic E-state index is 0.169. The van der Waals surface area contributed by atoms with E-state index in [9.17, 15) is 9.18 Å². The average Bonchev–Trinajstić information content (AvgIpc) is 2.49. The van der Waals surface area contributed by atoms with Gasteiger partial charge in [0.15, 0.2) is 0 Å². The minimum atomic E-state index is -0.445. The van der Waals surface area contributed by atoms with Gasteiger partial charge in [0.1, 0.15) is 5.82 Å². The van der Waals surface area contributed by atoms with Crippen LogP contribution in [-0.4, -0.2) is 23.9 Å². The molecule has 0 bridgehead atoms. The maximum Gasteiger partial charge on any atom is 0.241 e. The number of halogens is 3. The van der Waals surface area contributed by atoms with E-state index >= 15 is 0 Å². The number of carbonyl (C=O) groups is 1. The summed E-state index contributed by atoms with van der Waals surface area (Å²) in [6.07, 6.45) is 0. The third-order valence-electron chi connectivity index (χ3n) is 3.55. The highest BCUT2D eigenvalue weighted by atomic mass is 35.5. The number of amides is 1. The molecule has 1 atom stereocenters. The van der Waals surface area contributed by atoms with E-state index in [0.29, 0.717) is 17.3 Å². The average molecular weight is 355 g/mol. The lowest BCUT2D eigenvalue weighted by atomic mass is 10.2. The van der Waals surface area contributed by atoms with Crippen LogP contribution in [0.4, 0.5) is 10.1 Å². The molecular weight excluding hydrogens is 338 g/mol. The minimum Gasteiger partial charge on any atom is -0.323 e. The molecule has 1 N–H and O–H groups in total. The molecule has 0 aromatic heterocycles. The third-order valence-corrected chi connectivity index (χ3v) is 4.10. The fourth-order valence-electron chi connectivity index (χ4n) is 2.09. The Kier molecular flexibility index (Phi) is 5.99. The first-order chi connectivity index (χ1) is 10.9. The van der Waals surface area contributed by atoms with E-state index in [-0.39, 0.29) is 10.9 Å². The predicted octanol–water partition coefficient (Wildman–Crippen LogP) is 4.59. The van der Waals surface area contributed by atoms with Crippen LogP contribution in [0.25, 0.3) is 0 Å². The summed E-state index contributed by atoms with van der Waals surface area (Å²) in [5.41, 5.74) is 1.40. The quantitative estimate of drug-likeness (QED) is 0.851. The summed E-state index contributed by atoms with van der Waals surface area (Å²) < 4.78 is 13.0. The summed E-state index contributed by atoms with van der Waals surface area (Å²) in [4.78, 5) is 14.2. The maximum atomic E-state index is 13.0. The van der Waals surface area contributed by atoms with Gasteiger partial charge in [-0.05, 0) is 49.9 Å². The first-order valence-corrected chi connectivity index (χ1v) is 7.83. The van der Waals surface area contributed by atoms with Crippen LogP contribution >= 0.6 is 23.2 Å². The molecule has 1 amide bonds. The zero-order valence-electron chi connectivity index (χ0n) is 12.8. The van der Waals surface area contributed by atoms with Gasteiger partial charge in [0, 0.05) is 11.6 Å². The maximum absolute atomic E-state index is 13.0. The van der Waals surface area contributed by atoms with E-state index in [1.165, 1.54) is 12.1 Å². The standard InChI is InChI=1S/C17H17Cl2FN2O/c1-11(22(2)10-12-4-3-5-13(18)8-12)17(23)21-16-7-6-14(20)9-15(16)19/h3-9,11H,10H2,1-2H3,(H,21,23)/t11-/m1/s1. The highest BCUT2D eigenvalue weighted by molar-refractivity contribution is 6.33. The van der Waals surface area contributed by atoms with Crippen molar-refractivity contribution in [1.29, 1.82) is 0 Å². The van der Waals surface area contributed by atoms with Gasteiger partial charge in [0.2, 0.25) is 5.91 Å².